The fraction of sp³-hybridized carbons (Fsp3) is 0.400. The minimum Gasteiger partial charge on any atom is -0.349 e. The summed E-state index contributed by atoms with van der Waals surface area (Å²) in [6.07, 6.45) is 1.61. The molecule has 0 saturated carbocycles. The van der Waals surface area contributed by atoms with Gasteiger partial charge in [0.05, 0.1) is 4.88 Å². The topological polar surface area (TPSA) is 55.1 Å². The Morgan fingerprint density at radius 3 is 2.70 bits per heavy atom. The number of nitrogens with two attached hydrogens (primary N) is 1. The number of thiophene rings is 1. The van der Waals surface area contributed by atoms with Gasteiger partial charge in [0, 0.05) is 16.8 Å². The average Bonchev–Trinajstić information content (AvgIpc) is 2.87. The molecule has 0 atom stereocenters. The summed E-state index contributed by atoms with van der Waals surface area (Å²) >= 11 is 1.29. The number of amides is 1. The molecule has 0 unspecified atom stereocenters. The normalized spacial score (nSPS) is 11.8. The van der Waals surface area contributed by atoms with Crippen molar-refractivity contribution in [3.05, 3.63) is 35.0 Å². The predicted octanol–water partition coefficient (Wildman–Crippen LogP) is 3.29. The quantitative estimate of drug-likeness (QED) is 0.889. The van der Waals surface area contributed by atoms with Crippen molar-refractivity contribution in [1.82, 2.24) is 5.32 Å². The first-order valence-electron chi connectivity index (χ1n) is 6.73. The van der Waals surface area contributed by atoms with E-state index >= 15 is 0 Å². The lowest BCUT2D eigenvalue weighted by molar-refractivity contribution is 0.0946. The summed E-state index contributed by atoms with van der Waals surface area (Å²) in [6.45, 7) is 4.47. The monoisotopic (exact) mass is 294 g/mol. The molecule has 20 heavy (non-hydrogen) atoms. The number of halogens is 1. The molecule has 0 aliphatic heterocycles. The van der Waals surface area contributed by atoms with Crippen molar-refractivity contribution in [2.24, 2.45) is 5.73 Å². The molecule has 0 aliphatic carbocycles. The number of nitrogens with one attached hydrogen (secondary N) is 1. The molecule has 0 bridgehead atoms. The van der Waals surface area contributed by atoms with Gasteiger partial charge in [-0.05, 0) is 36.4 Å². The van der Waals surface area contributed by atoms with Crippen molar-refractivity contribution in [2.45, 2.75) is 32.2 Å². The van der Waals surface area contributed by atoms with Crippen LogP contribution >= 0.6 is 11.3 Å². The third-order valence-electron chi connectivity index (χ3n) is 3.72. The summed E-state index contributed by atoms with van der Waals surface area (Å²) in [6, 6.07) is 6.31. The molecule has 1 heterocycles. The van der Waals surface area contributed by atoms with Gasteiger partial charge in [0.15, 0.2) is 0 Å². The highest BCUT2D eigenvalue weighted by atomic mass is 32.1. The van der Waals surface area contributed by atoms with Crippen LogP contribution in [0.15, 0.2) is 24.3 Å². The Bertz CT molecular complexity index is 619. The smallest absolute Gasteiger partial charge is 0.261 e. The van der Waals surface area contributed by atoms with E-state index in [1.807, 2.05) is 13.8 Å². The minimum atomic E-state index is -0.363. The average molecular weight is 294 g/mol. The molecule has 0 fully saturated rings. The maximum absolute atomic E-state index is 13.1. The number of carbonyl (C=O) groups is 1. The number of carbonyl (C=O) groups excluding carboxylic acids is 1. The first kappa shape index (κ1) is 14.9. The molecule has 0 radical (unpaired) electrons. The van der Waals surface area contributed by atoms with Crippen LogP contribution in [0.2, 0.25) is 0 Å². The highest BCUT2D eigenvalue weighted by Gasteiger charge is 2.21. The maximum Gasteiger partial charge on any atom is 0.261 e. The predicted molar refractivity (Wildman–Crippen MR) is 81.6 cm³/mol. The largest absolute Gasteiger partial charge is 0.349 e. The molecule has 3 N–H and O–H groups in total. The molecule has 0 saturated heterocycles. The maximum atomic E-state index is 13.1. The highest BCUT2D eigenvalue weighted by molar-refractivity contribution is 7.20. The van der Waals surface area contributed by atoms with Crippen molar-refractivity contribution in [1.29, 1.82) is 0 Å². The molecule has 0 spiro atoms. The summed E-state index contributed by atoms with van der Waals surface area (Å²) in [4.78, 5) is 12.7. The third kappa shape index (κ3) is 3.16. The van der Waals surface area contributed by atoms with Crippen molar-refractivity contribution in [2.75, 3.05) is 6.54 Å². The Hall–Kier alpha value is -1.46. The number of benzene rings is 1. The summed E-state index contributed by atoms with van der Waals surface area (Å²) in [7, 11) is 0. The van der Waals surface area contributed by atoms with Crippen LogP contribution in [0.5, 0.6) is 0 Å². The first-order chi connectivity index (χ1) is 9.47. The number of fused-ring (bicyclic) bond motifs is 1. The molecular formula is C15H19FN2OS. The molecule has 1 amide bonds. The van der Waals surface area contributed by atoms with Crippen molar-refractivity contribution >= 4 is 27.3 Å². The molecule has 5 heteroatoms. The van der Waals surface area contributed by atoms with Gasteiger partial charge in [0.25, 0.3) is 5.91 Å². The second-order valence-corrected chi connectivity index (χ2v) is 6.13. The number of hydrogen-bond donors (Lipinski definition) is 2. The van der Waals surface area contributed by atoms with E-state index in [-0.39, 0.29) is 17.3 Å². The van der Waals surface area contributed by atoms with Gasteiger partial charge < -0.3 is 11.1 Å². The Morgan fingerprint density at radius 1 is 1.35 bits per heavy atom. The van der Waals surface area contributed by atoms with Gasteiger partial charge in [0.2, 0.25) is 0 Å². The summed E-state index contributed by atoms with van der Waals surface area (Å²) in [5, 5.41) is 3.75. The number of rotatable bonds is 5. The summed E-state index contributed by atoms with van der Waals surface area (Å²) in [5.41, 5.74) is 5.79. The van der Waals surface area contributed by atoms with E-state index in [1.54, 1.807) is 12.1 Å². The zero-order chi connectivity index (χ0) is 14.8. The molecule has 2 aromatic rings. The van der Waals surface area contributed by atoms with E-state index in [2.05, 4.69) is 5.32 Å². The summed E-state index contributed by atoms with van der Waals surface area (Å²) < 4.78 is 13.9. The molecule has 1 aromatic heterocycles. The van der Waals surface area contributed by atoms with E-state index in [0.29, 0.717) is 11.4 Å². The lowest BCUT2D eigenvalue weighted by atomic mass is 9.94. The lowest BCUT2D eigenvalue weighted by Gasteiger charge is -2.26. The van der Waals surface area contributed by atoms with E-state index < -0.39 is 0 Å². The van der Waals surface area contributed by atoms with E-state index in [4.69, 9.17) is 5.73 Å². The van der Waals surface area contributed by atoms with E-state index in [0.717, 1.165) is 22.9 Å². The fourth-order valence-corrected chi connectivity index (χ4v) is 2.96. The van der Waals surface area contributed by atoms with E-state index in [9.17, 15) is 9.18 Å². The third-order valence-corrected chi connectivity index (χ3v) is 4.81. The second kappa shape index (κ2) is 5.89. The second-order valence-electron chi connectivity index (χ2n) is 5.04. The van der Waals surface area contributed by atoms with Gasteiger partial charge in [-0.1, -0.05) is 19.9 Å². The molecule has 3 nitrogen and oxygen atoms in total. The fourth-order valence-electron chi connectivity index (χ4n) is 1.96. The van der Waals surface area contributed by atoms with Gasteiger partial charge >= 0.3 is 0 Å². The van der Waals surface area contributed by atoms with Crippen molar-refractivity contribution in [3.63, 3.8) is 0 Å². The zero-order valence-corrected chi connectivity index (χ0v) is 12.5. The van der Waals surface area contributed by atoms with Gasteiger partial charge in [-0.15, -0.1) is 11.3 Å². The molecule has 1 aromatic carbocycles. The molecule has 0 aliphatic rings. The van der Waals surface area contributed by atoms with Crippen LogP contribution < -0.4 is 11.1 Å². The van der Waals surface area contributed by atoms with Crippen molar-refractivity contribution < 1.29 is 9.18 Å². The van der Waals surface area contributed by atoms with Crippen LogP contribution in [0.4, 0.5) is 4.39 Å². The number of hydrogen-bond acceptors (Lipinski definition) is 3. The van der Waals surface area contributed by atoms with Crippen LogP contribution in [-0.4, -0.2) is 18.0 Å². The van der Waals surface area contributed by atoms with E-state index in [1.165, 1.54) is 23.5 Å². The summed E-state index contributed by atoms with van der Waals surface area (Å²) in [5.74, 6) is -0.437. The Labute approximate surface area is 122 Å². The Kier molecular flexibility index (Phi) is 4.40. The lowest BCUT2D eigenvalue weighted by Crippen LogP contribution is -2.49. The van der Waals surface area contributed by atoms with Gasteiger partial charge in [-0.2, -0.15) is 0 Å². The van der Waals surface area contributed by atoms with Crippen LogP contribution in [0.3, 0.4) is 0 Å². The molecular weight excluding hydrogens is 275 g/mol. The SMILES string of the molecule is CCC(N)(CC)CNC(=O)c1cc2ccc(F)cc2s1. The van der Waals surface area contributed by atoms with Crippen LogP contribution in [0.25, 0.3) is 10.1 Å². The standard InChI is InChI=1S/C15H19FN2OS/c1-3-15(17,4-2)9-18-14(19)13-7-10-5-6-11(16)8-12(10)20-13/h5-8H,3-4,9,17H2,1-2H3,(H,18,19). The van der Waals surface area contributed by atoms with Gasteiger partial charge in [-0.25, -0.2) is 4.39 Å². The van der Waals surface area contributed by atoms with Crippen LogP contribution in [0.1, 0.15) is 36.4 Å². The van der Waals surface area contributed by atoms with Crippen molar-refractivity contribution in [3.8, 4) is 0 Å². The molecule has 108 valence electrons. The minimum absolute atomic E-state index is 0.150. The Balaban J connectivity index is 2.11. The van der Waals surface area contributed by atoms with Gasteiger partial charge in [0.1, 0.15) is 5.82 Å². The first-order valence-corrected chi connectivity index (χ1v) is 7.55. The van der Waals surface area contributed by atoms with Crippen LogP contribution in [0, 0.1) is 5.82 Å². The zero-order valence-electron chi connectivity index (χ0n) is 11.7. The molecule has 2 rings (SSSR count). The Morgan fingerprint density at radius 2 is 2.05 bits per heavy atom. The van der Waals surface area contributed by atoms with Gasteiger partial charge in [-0.3, -0.25) is 4.79 Å². The highest BCUT2D eigenvalue weighted by Crippen LogP contribution is 2.26. The van der Waals surface area contributed by atoms with Crippen LogP contribution in [-0.2, 0) is 0 Å².